The molecule has 0 radical (unpaired) electrons. The summed E-state index contributed by atoms with van der Waals surface area (Å²) >= 11 is 11.9. The van der Waals surface area contributed by atoms with Crippen molar-refractivity contribution >= 4 is 51.7 Å². The zero-order valence-corrected chi connectivity index (χ0v) is 14.0. The van der Waals surface area contributed by atoms with E-state index in [0.717, 1.165) is 5.39 Å². The van der Waals surface area contributed by atoms with Gasteiger partial charge in [-0.05, 0) is 42.5 Å². The molecule has 1 heterocycles. The number of anilines is 1. The van der Waals surface area contributed by atoms with Crippen molar-refractivity contribution in [3.05, 3.63) is 63.8 Å². The van der Waals surface area contributed by atoms with E-state index in [1.807, 2.05) is 0 Å². The van der Waals surface area contributed by atoms with Crippen LogP contribution < -0.4 is 10.6 Å². The maximum atomic E-state index is 12.3. The summed E-state index contributed by atoms with van der Waals surface area (Å²) in [5.41, 5.74) is 1.27. The van der Waals surface area contributed by atoms with E-state index in [9.17, 15) is 9.59 Å². The zero-order chi connectivity index (χ0) is 17.3. The Kier molecular flexibility index (Phi) is 4.46. The maximum Gasteiger partial charge on any atom is 0.291 e. The van der Waals surface area contributed by atoms with Crippen molar-refractivity contribution in [1.29, 1.82) is 0 Å². The van der Waals surface area contributed by atoms with Crippen LogP contribution in [0.2, 0.25) is 10.0 Å². The first-order valence-corrected chi connectivity index (χ1v) is 7.75. The van der Waals surface area contributed by atoms with E-state index in [1.165, 1.54) is 13.1 Å². The second-order valence-electron chi connectivity index (χ2n) is 5.02. The van der Waals surface area contributed by atoms with E-state index in [4.69, 9.17) is 27.6 Å². The molecule has 7 heteroatoms. The highest BCUT2D eigenvalue weighted by molar-refractivity contribution is 6.34. The molecular formula is C17H12Cl2N2O3. The summed E-state index contributed by atoms with van der Waals surface area (Å²) in [6.07, 6.45) is 0. The molecule has 0 bridgehead atoms. The lowest BCUT2D eigenvalue weighted by molar-refractivity contribution is 0.0960. The Morgan fingerprint density at radius 2 is 1.79 bits per heavy atom. The fourth-order valence-electron chi connectivity index (χ4n) is 2.23. The summed E-state index contributed by atoms with van der Waals surface area (Å²) in [5.74, 6) is -0.634. The number of carbonyl (C=O) groups is 2. The first kappa shape index (κ1) is 16.4. The second-order valence-corrected chi connectivity index (χ2v) is 5.86. The predicted octanol–water partition coefficient (Wildman–Crippen LogP) is 4.35. The van der Waals surface area contributed by atoms with Crippen LogP contribution in [-0.4, -0.2) is 18.9 Å². The number of hydrogen-bond acceptors (Lipinski definition) is 3. The molecule has 2 aromatic carbocycles. The summed E-state index contributed by atoms with van der Waals surface area (Å²) in [5, 5.41) is 6.75. The molecule has 0 saturated heterocycles. The Labute approximate surface area is 147 Å². The minimum atomic E-state index is -0.437. The molecule has 0 aliphatic heterocycles. The van der Waals surface area contributed by atoms with Crippen molar-refractivity contribution in [2.24, 2.45) is 0 Å². The molecule has 5 nitrogen and oxygen atoms in total. The number of furan rings is 1. The Balaban J connectivity index is 1.87. The number of rotatable bonds is 3. The summed E-state index contributed by atoms with van der Waals surface area (Å²) in [7, 11) is 1.50. The standard InChI is InChI=1S/C17H12Cl2N2O3/c1-20-16(22)12-8-11(3-4-13(12)19)21-17(23)15-7-9-6-10(18)2-5-14(9)24-15/h2-8H,1H3,(H,20,22)(H,21,23). The SMILES string of the molecule is CNC(=O)c1cc(NC(=O)c2cc3cc(Cl)ccc3o2)ccc1Cl. The van der Waals surface area contributed by atoms with E-state index in [-0.39, 0.29) is 17.2 Å². The molecule has 122 valence electrons. The summed E-state index contributed by atoms with van der Waals surface area (Å²) < 4.78 is 5.50. The topological polar surface area (TPSA) is 71.3 Å². The van der Waals surface area contributed by atoms with Crippen molar-refractivity contribution in [1.82, 2.24) is 5.32 Å². The number of hydrogen-bond donors (Lipinski definition) is 2. The first-order valence-electron chi connectivity index (χ1n) is 7.00. The summed E-state index contributed by atoms with van der Waals surface area (Å²) in [4.78, 5) is 24.1. The van der Waals surface area contributed by atoms with Crippen LogP contribution in [0.3, 0.4) is 0 Å². The van der Waals surface area contributed by atoms with Crippen molar-refractivity contribution in [3.8, 4) is 0 Å². The largest absolute Gasteiger partial charge is 0.451 e. The molecule has 0 fully saturated rings. The third-order valence-electron chi connectivity index (χ3n) is 3.40. The van der Waals surface area contributed by atoms with E-state index >= 15 is 0 Å². The van der Waals surface area contributed by atoms with Crippen LogP contribution in [0.4, 0.5) is 5.69 Å². The molecule has 0 saturated carbocycles. The Morgan fingerprint density at radius 1 is 1.00 bits per heavy atom. The summed E-state index contributed by atoms with van der Waals surface area (Å²) in [6, 6.07) is 11.3. The number of fused-ring (bicyclic) bond motifs is 1. The minimum absolute atomic E-state index is 0.142. The normalized spacial score (nSPS) is 10.6. The van der Waals surface area contributed by atoms with Crippen LogP contribution in [0.1, 0.15) is 20.9 Å². The quantitative estimate of drug-likeness (QED) is 0.727. The average Bonchev–Trinajstić information content (AvgIpc) is 2.99. The third-order valence-corrected chi connectivity index (χ3v) is 3.96. The number of nitrogens with one attached hydrogen (secondary N) is 2. The van der Waals surface area contributed by atoms with Crippen LogP contribution in [0.25, 0.3) is 11.0 Å². The smallest absolute Gasteiger partial charge is 0.291 e. The van der Waals surface area contributed by atoms with Gasteiger partial charge in [-0.3, -0.25) is 9.59 Å². The molecule has 0 aliphatic rings. The van der Waals surface area contributed by atoms with E-state index in [0.29, 0.717) is 21.3 Å². The highest BCUT2D eigenvalue weighted by Crippen LogP contribution is 2.25. The molecule has 2 N–H and O–H groups in total. The fourth-order valence-corrected chi connectivity index (χ4v) is 2.61. The van der Waals surface area contributed by atoms with Gasteiger partial charge in [0, 0.05) is 23.1 Å². The highest BCUT2D eigenvalue weighted by atomic mass is 35.5. The second kappa shape index (κ2) is 6.55. The minimum Gasteiger partial charge on any atom is -0.451 e. The van der Waals surface area contributed by atoms with Gasteiger partial charge in [0.1, 0.15) is 5.58 Å². The van der Waals surface area contributed by atoms with Crippen LogP contribution >= 0.6 is 23.2 Å². The highest BCUT2D eigenvalue weighted by Gasteiger charge is 2.15. The zero-order valence-electron chi connectivity index (χ0n) is 12.5. The molecule has 3 rings (SSSR count). The monoisotopic (exact) mass is 362 g/mol. The lowest BCUT2D eigenvalue weighted by Gasteiger charge is -2.07. The number of benzene rings is 2. The molecular weight excluding hydrogens is 351 g/mol. The van der Waals surface area contributed by atoms with Gasteiger partial charge < -0.3 is 15.1 Å². The van der Waals surface area contributed by atoms with E-state index in [1.54, 1.807) is 36.4 Å². The number of halogens is 2. The number of carbonyl (C=O) groups excluding carboxylic acids is 2. The van der Waals surface area contributed by atoms with Crippen molar-refractivity contribution in [3.63, 3.8) is 0 Å². The van der Waals surface area contributed by atoms with Gasteiger partial charge in [0.25, 0.3) is 11.8 Å². The maximum absolute atomic E-state index is 12.3. The van der Waals surface area contributed by atoms with Gasteiger partial charge in [-0.25, -0.2) is 0 Å². The Hall–Kier alpha value is -2.50. The fraction of sp³-hybridized carbons (Fsp3) is 0.0588. The number of amides is 2. The van der Waals surface area contributed by atoms with Gasteiger partial charge in [0.2, 0.25) is 0 Å². The van der Waals surface area contributed by atoms with Crippen molar-refractivity contribution in [2.45, 2.75) is 0 Å². The molecule has 0 atom stereocenters. The molecule has 24 heavy (non-hydrogen) atoms. The summed E-state index contributed by atoms with van der Waals surface area (Å²) in [6.45, 7) is 0. The molecule has 2 amide bonds. The lowest BCUT2D eigenvalue weighted by atomic mass is 10.2. The molecule has 3 aromatic rings. The van der Waals surface area contributed by atoms with Gasteiger partial charge in [-0.2, -0.15) is 0 Å². The average molecular weight is 363 g/mol. The molecule has 0 aliphatic carbocycles. The van der Waals surface area contributed by atoms with E-state index in [2.05, 4.69) is 10.6 Å². The van der Waals surface area contributed by atoms with Crippen molar-refractivity contribution in [2.75, 3.05) is 12.4 Å². The van der Waals surface area contributed by atoms with E-state index < -0.39 is 5.91 Å². The Morgan fingerprint density at radius 3 is 2.54 bits per heavy atom. The van der Waals surface area contributed by atoms with Crippen LogP contribution in [0.15, 0.2) is 46.9 Å². The van der Waals surface area contributed by atoms with Crippen molar-refractivity contribution < 1.29 is 14.0 Å². The van der Waals surface area contributed by atoms with Crippen LogP contribution in [0.5, 0.6) is 0 Å². The van der Waals surface area contributed by atoms with Crippen LogP contribution in [-0.2, 0) is 0 Å². The third kappa shape index (κ3) is 3.22. The molecule has 0 spiro atoms. The molecule has 0 unspecified atom stereocenters. The lowest BCUT2D eigenvalue weighted by Crippen LogP contribution is -2.19. The van der Waals surface area contributed by atoms with Crippen LogP contribution in [0, 0.1) is 0 Å². The van der Waals surface area contributed by atoms with Gasteiger partial charge in [0.05, 0.1) is 10.6 Å². The van der Waals surface area contributed by atoms with Gasteiger partial charge in [-0.1, -0.05) is 23.2 Å². The predicted molar refractivity (Wildman–Crippen MR) is 94.0 cm³/mol. The first-order chi connectivity index (χ1) is 11.5. The molecule has 1 aromatic heterocycles. The van der Waals surface area contributed by atoms with Gasteiger partial charge in [0.15, 0.2) is 5.76 Å². The Bertz CT molecular complexity index is 950. The van der Waals surface area contributed by atoms with Gasteiger partial charge >= 0.3 is 0 Å². The van der Waals surface area contributed by atoms with Gasteiger partial charge in [-0.15, -0.1) is 0 Å².